The molecule has 0 saturated carbocycles. The van der Waals surface area contributed by atoms with Gasteiger partial charge in [-0.3, -0.25) is 9.48 Å². The molecule has 0 bridgehead atoms. The molecule has 0 amide bonds. The van der Waals surface area contributed by atoms with Gasteiger partial charge in [0.1, 0.15) is 0 Å². The summed E-state index contributed by atoms with van der Waals surface area (Å²) in [6, 6.07) is 2.08. The van der Waals surface area contributed by atoms with Gasteiger partial charge in [0.25, 0.3) is 0 Å². The molecule has 5 heteroatoms. The minimum Gasteiger partial charge on any atom is -0.481 e. The lowest BCUT2D eigenvalue weighted by Crippen LogP contribution is -2.06. The van der Waals surface area contributed by atoms with Crippen molar-refractivity contribution in [3.8, 4) is 0 Å². The van der Waals surface area contributed by atoms with Crippen molar-refractivity contribution in [1.82, 2.24) is 9.78 Å². The molecule has 0 aliphatic heterocycles. The number of thioether (sulfide) groups is 1. The van der Waals surface area contributed by atoms with Crippen LogP contribution in [0.15, 0.2) is 6.07 Å². The minimum absolute atomic E-state index is 0.137. The third-order valence-corrected chi connectivity index (χ3v) is 3.57. The highest BCUT2D eigenvalue weighted by atomic mass is 32.2. The van der Waals surface area contributed by atoms with E-state index in [1.807, 2.05) is 18.7 Å². The van der Waals surface area contributed by atoms with Crippen molar-refractivity contribution in [1.29, 1.82) is 0 Å². The fourth-order valence-corrected chi connectivity index (χ4v) is 2.40. The molecule has 1 atom stereocenters. The highest BCUT2D eigenvalue weighted by Crippen LogP contribution is 2.20. The molecule has 0 radical (unpaired) electrons. The van der Waals surface area contributed by atoms with Crippen LogP contribution in [0.5, 0.6) is 0 Å². The first-order valence-corrected chi connectivity index (χ1v) is 6.43. The largest absolute Gasteiger partial charge is 0.481 e. The third-order valence-electron chi connectivity index (χ3n) is 2.37. The molecule has 90 valence electrons. The predicted octanol–water partition coefficient (Wildman–Crippen LogP) is 2.08. The summed E-state index contributed by atoms with van der Waals surface area (Å²) in [6.45, 7) is 4.02. The van der Waals surface area contributed by atoms with E-state index in [2.05, 4.69) is 18.1 Å². The van der Waals surface area contributed by atoms with Gasteiger partial charge in [0.2, 0.25) is 0 Å². The normalized spacial score (nSPS) is 12.7. The molecular formula is C11H18N2O2S. The van der Waals surface area contributed by atoms with E-state index in [4.69, 9.17) is 5.11 Å². The van der Waals surface area contributed by atoms with Crippen LogP contribution in [0.25, 0.3) is 0 Å². The molecule has 1 aromatic rings. The number of nitrogens with zero attached hydrogens (tertiary/aromatic N) is 2. The quantitative estimate of drug-likeness (QED) is 0.829. The first-order chi connectivity index (χ1) is 7.52. The van der Waals surface area contributed by atoms with Crippen LogP contribution in [0.1, 0.15) is 31.7 Å². The topological polar surface area (TPSA) is 55.1 Å². The molecule has 0 aromatic carbocycles. The second kappa shape index (κ2) is 5.94. The van der Waals surface area contributed by atoms with Gasteiger partial charge in [-0.2, -0.15) is 16.9 Å². The van der Waals surface area contributed by atoms with E-state index in [0.29, 0.717) is 0 Å². The van der Waals surface area contributed by atoms with Crippen molar-refractivity contribution in [2.75, 3.05) is 0 Å². The van der Waals surface area contributed by atoms with Crippen LogP contribution in [0.3, 0.4) is 0 Å². The van der Waals surface area contributed by atoms with Crippen molar-refractivity contribution < 1.29 is 9.90 Å². The second-order valence-electron chi connectivity index (χ2n) is 3.82. The summed E-state index contributed by atoms with van der Waals surface area (Å²) in [4.78, 5) is 10.5. The highest BCUT2D eigenvalue weighted by Gasteiger charge is 2.10. The maximum absolute atomic E-state index is 10.5. The average Bonchev–Trinajstić information content (AvgIpc) is 2.55. The number of aliphatic carboxylic acids is 1. The number of aryl methyl sites for hydroxylation is 2. The molecule has 1 heterocycles. The lowest BCUT2D eigenvalue weighted by molar-refractivity contribution is -0.136. The number of carboxylic acid groups (broad SMARTS) is 1. The van der Waals surface area contributed by atoms with E-state index >= 15 is 0 Å². The van der Waals surface area contributed by atoms with E-state index in [9.17, 15) is 4.79 Å². The fraction of sp³-hybridized carbons (Fsp3) is 0.636. The Balaban J connectivity index is 2.47. The minimum atomic E-state index is -0.737. The average molecular weight is 242 g/mol. The summed E-state index contributed by atoms with van der Waals surface area (Å²) < 4.78 is 1.87. The van der Waals surface area contributed by atoms with E-state index in [-0.39, 0.29) is 11.7 Å². The van der Waals surface area contributed by atoms with Crippen molar-refractivity contribution in [2.24, 2.45) is 7.05 Å². The number of carbonyl (C=O) groups is 1. The van der Waals surface area contributed by atoms with Gasteiger partial charge in [0.05, 0.1) is 12.1 Å². The van der Waals surface area contributed by atoms with Crippen molar-refractivity contribution in [3.63, 3.8) is 0 Å². The number of carboxylic acids is 1. The van der Waals surface area contributed by atoms with Crippen molar-refractivity contribution in [3.05, 3.63) is 17.5 Å². The monoisotopic (exact) mass is 242 g/mol. The third kappa shape index (κ3) is 3.89. The van der Waals surface area contributed by atoms with Crippen LogP contribution in [-0.4, -0.2) is 26.1 Å². The number of hydrogen-bond acceptors (Lipinski definition) is 3. The number of hydrogen-bond donors (Lipinski definition) is 1. The zero-order valence-corrected chi connectivity index (χ0v) is 10.8. The molecule has 0 aliphatic rings. The summed E-state index contributed by atoms with van der Waals surface area (Å²) >= 11 is 1.65. The van der Waals surface area contributed by atoms with Gasteiger partial charge in [-0.1, -0.05) is 13.8 Å². The maximum Gasteiger partial charge on any atom is 0.304 e. The Kier molecular flexibility index (Phi) is 4.86. The van der Waals surface area contributed by atoms with Gasteiger partial charge in [-0.15, -0.1) is 0 Å². The Labute approximate surface area is 100 Å². The van der Waals surface area contributed by atoms with Crippen molar-refractivity contribution in [2.45, 2.75) is 37.7 Å². The molecular weight excluding hydrogens is 224 g/mol. The van der Waals surface area contributed by atoms with E-state index < -0.39 is 5.97 Å². The molecule has 16 heavy (non-hydrogen) atoms. The van der Waals surface area contributed by atoms with Gasteiger partial charge < -0.3 is 5.11 Å². The second-order valence-corrected chi connectivity index (χ2v) is 5.25. The fourth-order valence-electron chi connectivity index (χ4n) is 1.41. The molecule has 0 aliphatic carbocycles. The Morgan fingerprint density at radius 2 is 2.38 bits per heavy atom. The van der Waals surface area contributed by atoms with Gasteiger partial charge in [0, 0.05) is 23.7 Å². The molecule has 1 rings (SSSR count). The SMILES string of the molecule is CCc1cc(CSC(C)CC(=O)O)n(C)n1. The first kappa shape index (κ1) is 13.1. The van der Waals surface area contributed by atoms with Crippen LogP contribution >= 0.6 is 11.8 Å². The smallest absolute Gasteiger partial charge is 0.304 e. The molecule has 0 fully saturated rings. The summed E-state index contributed by atoms with van der Waals surface area (Å²) in [5.74, 6) is 0.0806. The summed E-state index contributed by atoms with van der Waals surface area (Å²) in [6.07, 6.45) is 1.15. The zero-order valence-electron chi connectivity index (χ0n) is 9.93. The predicted molar refractivity (Wildman–Crippen MR) is 65.6 cm³/mol. The molecule has 1 unspecified atom stereocenters. The van der Waals surface area contributed by atoms with E-state index in [1.54, 1.807) is 11.8 Å². The number of aromatic nitrogens is 2. The van der Waals surface area contributed by atoms with Crippen LogP contribution in [-0.2, 0) is 24.0 Å². The van der Waals surface area contributed by atoms with Crippen molar-refractivity contribution >= 4 is 17.7 Å². The molecule has 1 aromatic heterocycles. The molecule has 4 nitrogen and oxygen atoms in total. The maximum atomic E-state index is 10.5. The zero-order chi connectivity index (χ0) is 12.1. The summed E-state index contributed by atoms with van der Waals surface area (Å²) in [5.41, 5.74) is 2.24. The highest BCUT2D eigenvalue weighted by molar-refractivity contribution is 7.99. The molecule has 0 saturated heterocycles. The lowest BCUT2D eigenvalue weighted by atomic mass is 10.3. The Bertz CT molecular complexity index is 363. The van der Waals surface area contributed by atoms with Gasteiger partial charge in [0.15, 0.2) is 0 Å². The van der Waals surface area contributed by atoms with Crippen LogP contribution in [0, 0.1) is 0 Å². The number of rotatable bonds is 6. The van der Waals surface area contributed by atoms with Gasteiger partial charge >= 0.3 is 5.97 Å². The van der Waals surface area contributed by atoms with Gasteiger partial charge in [-0.05, 0) is 12.5 Å². The Hall–Kier alpha value is -0.970. The summed E-state index contributed by atoms with van der Waals surface area (Å²) in [5, 5.41) is 13.1. The molecule has 0 spiro atoms. The first-order valence-electron chi connectivity index (χ1n) is 5.38. The van der Waals surface area contributed by atoms with E-state index in [0.717, 1.165) is 23.6 Å². The Morgan fingerprint density at radius 3 is 2.88 bits per heavy atom. The summed E-state index contributed by atoms with van der Waals surface area (Å²) in [7, 11) is 1.93. The van der Waals surface area contributed by atoms with Crippen LogP contribution in [0.4, 0.5) is 0 Å². The lowest BCUT2D eigenvalue weighted by Gasteiger charge is -2.07. The van der Waals surface area contributed by atoms with Gasteiger partial charge in [-0.25, -0.2) is 0 Å². The molecule has 1 N–H and O–H groups in total. The van der Waals surface area contributed by atoms with Crippen LogP contribution in [0.2, 0.25) is 0 Å². The standard InChI is InChI=1S/C11H18N2O2S/c1-4-9-6-10(13(3)12-9)7-16-8(2)5-11(14)15/h6,8H,4-5,7H2,1-3H3,(H,14,15). The van der Waals surface area contributed by atoms with E-state index in [1.165, 1.54) is 0 Å². The Morgan fingerprint density at radius 1 is 1.69 bits per heavy atom. The van der Waals surface area contributed by atoms with Crippen LogP contribution < -0.4 is 0 Å².